The Kier molecular flexibility index (Phi) is 4.41. The van der Waals surface area contributed by atoms with Crippen molar-refractivity contribution in [3.8, 4) is 11.5 Å². The van der Waals surface area contributed by atoms with E-state index in [-0.39, 0.29) is 6.04 Å². The molecule has 1 heterocycles. The predicted molar refractivity (Wildman–Crippen MR) is 84.0 cm³/mol. The van der Waals surface area contributed by atoms with Crippen molar-refractivity contribution in [3.05, 3.63) is 59.7 Å². The number of fused-ring (bicyclic) bond motifs is 1. The second kappa shape index (κ2) is 6.64. The zero-order valence-corrected chi connectivity index (χ0v) is 12.3. The lowest BCUT2D eigenvalue weighted by molar-refractivity contribution is 0.168. The fraction of sp³-hybridized carbons (Fsp3) is 0.333. The number of aryl methyl sites for hydroxylation is 1. The second-order valence-electron chi connectivity index (χ2n) is 5.24. The van der Waals surface area contributed by atoms with Gasteiger partial charge < -0.3 is 14.8 Å². The number of hydrogen-bond acceptors (Lipinski definition) is 3. The van der Waals surface area contributed by atoms with Crippen LogP contribution in [0, 0.1) is 0 Å². The molecule has 0 amide bonds. The van der Waals surface area contributed by atoms with E-state index in [9.17, 15) is 0 Å². The molecule has 1 atom stereocenters. The van der Waals surface area contributed by atoms with Crippen LogP contribution in [0.3, 0.4) is 0 Å². The van der Waals surface area contributed by atoms with Crippen LogP contribution < -0.4 is 14.8 Å². The van der Waals surface area contributed by atoms with E-state index < -0.39 is 0 Å². The van der Waals surface area contributed by atoms with Crippen LogP contribution in [0.1, 0.15) is 23.6 Å². The van der Waals surface area contributed by atoms with Gasteiger partial charge in [0.15, 0.2) is 11.5 Å². The van der Waals surface area contributed by atoms with Gasteiger partial charge in [0.25, 0.3) is 0 Å². The molecule has 0 aliphatic carbocycles. The molecule has 1 unspecified atom stereocenters. The van der Waals surface area contributed by atoms with Gasteiger partial charge in [-0.25, -0.2) is 0 Å². The Morgan fingerprint density at radius 2 is 1.81 bits per heavy atom. The molecule has 1 aliphatic heterocycles. The van der Waals surface area contributed by atoms with Gasteiger partial charge in [-0.2, -0.15) is 0 Å². The molecule has 0 saturated heterocycles. The van der Waals surface area contributed by atoms with Crippen LogP contribution in [0.2, 0.25) is 0 Å². The minimum atomic E-state index is 0.266. The Morgan fingerprint density at radius 1 is 1.00 bits per heavy atom. The molecule has 0 saturated carbocycles. The van der Waals surface area contributed by atoms with Crippen molar-refractivity contribution >= 4 is 0 Å². The average Bonchev–Trinajstić information content (AvgIpc) is 2.56. The van der Waals surface area contributed by atoms with Crippen molar-refractivity contribution in [2.45, 2.75) is 18.9 Å². The normalized spacial score (nSPS) is 14.7. The Hall–Kier alpha value is -2.00. The molecular weight excluding hydrogens is 262 g/mol. The molecule has 0 fully saturated rings. The fourth-order valence-corrected chi connectivity index (χ4v) is 2.78. The quantitative estimate of drug-likeness (QED) is 0.913. The number of ether oxygens (including phenoxy) is 2. The molecule has 110 valence electrons. The second-order valence-corrected chi connectivity index (χ2v) is 5.24. The third-order valence-electron chi connectivity index (χ3n) is 3.89. The topological polar surface area (TPSA) is 30.5 Å². The Morgan fingerprint density at radius 3 is 2.62 bits per heavy atom. The maximum absolute atomic E-state index is 5.82. The third-order valence-corrected chi connectivity index (χ3v) is 3.89. The highest BCUT2D eigenvalue weighted by Gasteiger charge is 2.20. The van der Waals surface area contributed by atoms with Crippen molar-refractivity contribution in [2.24, 2.45) is 0 Å². The highest BCUT2D eigenvalue weighted by atomic mass is 16.6. The molecule has 0 bridgehead atoms. The SMILES string of the molecule is CNC(CCc1ccccc1)c1cccc2c1OCCO2. The predicted octanol–water partition coefficient (Wildman–Crippen LogP) is 3.35. The Balaban J connectivity index is 1.77. The highest BCUT2D eigenvalue weighted by Crippen LogP contribution is 2.38. The number of hydrogen-bond donors (Lipinski definition) is 1. The van der Waals surface area contributed by atoms with E-state index in [0.29, 0.717) is 13.2 Å². The van der Waals surface area contributed by atoms with Crippen molar-refractivity contribution in [2.75, 3.05) is 20.3 Å². The van der Waals surface area contributed by atoms with Gasteiger partial charge in [-0.15, -0.1) is 0 Å². The lowest BCUT2D eigenvalue weighted by Crippen LogP contribution is -2.22. The van der Waals surface area contributed by atoms with Crippen molar-refractivity contribution < 1.29 is 9.47 Å². The summed E-state index contributed by atoms with van der Waals surface area (Å²) in [5.41, 5.74) is 2.55. The molecule has 0 spiro atoms. The molecule has 2 aromatic rings. The summed E-state index contributed by atoms with van der Waals surface area (Å²) in [7, 11) is 2.00. The van der Waals surface area contributed by atoms with Gasteiger partial charge in [0.2, 0.25) is 0 Å². The minimum Gasteiger partial charge on any atom is -0.486 e. The van der Waals surface area contributed by atoms with E-state index in [1.54, 1.807) is 0 Å². The highest BCUT2D eigenvalue weighted by molar-refractivity contribution is 5.49. The lowest BCUT2D eigenvalue weighted by atomic mass is 9.98. The summed E-state index contributed by atoms with van der Waals surface area (Å²) < 4.78 is 11.5. The number of para-hydroxylation sites is 1. The average molecular weight is 283 g/mol. The molecule has 0 aromatic heterocycles. The van der Waals surface area contributed by atoms with Gasteiger partial charge in [0.1, 0.15) is 13.2 Å². The standard InChI is InChI=1S/C18H21NO2/c1-19-16(11-10-14-6-3-2-4-7-14)15-8-5-9-17-18(15)21-13-12-20-17/h2-9,16,19H,10-13H2,1H3. The van der Waals surface area contributed by atoms with Crippen molar-refractivity contribution in [1.82, 2.24) is 5.32 Å². The van der Waals surface area contributed by atoms with E-state index in [1.807, 2.05) is 19.2 Å². The zero-order valence-electron chi connectivity index (χ0n) is 12.3. The van der Waals surface area contributed by atoms with E-state index in [4.69, 9.17) is 9.47 Å². The molecular formula is C18H21NO2. The van der Waals surface area contributed by atoms with Crippen LogP contribution in [0.5, 0.6) is 11.5 Å². The van der Waals surface area contributed by atoms with Crippen LogP contribution >= 0.6 is 0 Å². The largest absolute Gasteiger partial charge is 0.486 e. The number of rotatable bonds is 5. The summed E-state index contributed by atoms with van der Waals surface area (Å²) in [4.78, 5) is 0. The molecule has 2 aromatic carbocycles. The van der Waals surface area contributed by atoms with E-state index >= 15 is 0 Å². The first-order chi connectivity index (χ1) is 10.4. The number of nitrogens with one attached hydrogen (secondary N) is 1. The molecule has 3 rings (SSSR count). The van der Waals surface area contributed by atoms with Crippen molar-refractivity contribution in [3.63, 3.8) is 0 Å². The van der Waals surface area contributed by atoms with Gasteiger partial charge in [0.05, 0.1) is 0 Å². The first-order valence-corrected chi connectivity index (χ1v) is 7.48. The summed E-state index contributed by atoms with van der Waals surface area (Å²) in [6.45, 7) is 1.25. The van der Waals surface area contributed by atoms with Gasteiger partial charge in [-0.3, -0.25) is 0 Å². The zero-order chi connectivity index (χ0) is 14.5. The lowest BCUT2D eigenvalue weighted by Gasteiger charge is -2.25. The van der Waals surface area contributed by atoms with Crippen LogP contribution in [-0.2, 0) is 6.42 Å². The maximum atomic E-state index is 5.82. The monoisotopic (exact) mass is 283 g/mol. The van der Waals surface area contributed by atoms with Crippen molar-refractivity contribution in [1.29, 1.82) is 0 Å². The molecule has 3 heteroatoms. The first kappa shape index (κ1) is 14.0. The molecule has 1 aliphatic rings. The Bertz CT molecular complexity index is 583. The van der Waals surface area contributed by atoms with E-state index in [1.165, 1.54) is 11.1 Å². The molecule has 0 radical (unpaired) electrons. The van der Waals surface area contributed by atoms with Gasteiger partial charge >= 0.3 is 0 Å². The van der Waals surface area contributed by atoms with Crippen LogP contribution in [0.25, 0.3) is 0 Å². The van der Waals surface area contributed by atoms with Gasteiger partial charge in [-0.1, -0.05) is 42.5 Å². The first-order valence-electron chi connectivity index (χ1n) is 7.48. The summed E-state index contributed by atoms with van der Waals surface area (Å²) in [6, 6.07) is 17.0. The van der Waals surface area contributed by atoms with Gasteiger partial charge in [-0.05, 0) is 31.5 Å². The van der Waals surface area contributed by atoms with Crippen LogP contribution in [-0.4, -0.2) is 20.3 Å². The Labute approximate surface area is 125 Å². The molecule has 1 N–H and O–H groups in total. The van der Waals surface area contributed by atoms with E-state index in [2.05, 4.69) is 41.7 Å². The van der Waals surface area contributed by atoms with Crippen LogP contribution in [0.15, 0.2) is 48.5 Å². The maximum Gasteiger partial charge on any atom is 0.166 e. The fourth-order valence-electron chi connectivity index (χ4n) is 2.78. The van der Waals surface area contributed by atoms with Gasteiger partial charge in [0, 0.05) is 11.6 Å². The van der Waals surface area contributed by atoms with Crippen LogP contribution in [0.4, 0.5) is 0 Å². The summed E-state index contributed by atoms with van der Waals surface area (Å²) in [6.07, 6.45) is 2.07. The smallest absolute Gasteiger partial charge is 0.166 e. The summed E-state index contributed by atoms with van der Waals surface area (Å²) >= 11 is 0. The molecule has 3 nitrogen and oxygen atoms in total. The third kappa shape index (κ3) is 3.19. The summed E-state index contributed by atoms with van der Waals surface area (Å²) in [5, 5.41) is 3.40. The molecule has 21 heavy (non-hydrogen) atoms. The number of benzene rings is 2. The van der Waals surface area contributed by atoms with E-state index in [0.717, 1.165) is 24.3 Å². The summed E-state index contributed by atoms with van der Waals surface area (Å²) in [5.74, 6) is 1.76. The minimum absolute atomic E-state index is 0.266.